The molecule has 34 heavy (non-hydrogen) atoms. The van der Waals surface area contributed by atoms with Gasteiger partial charge >= 0.3 is 5.97 Å². The number of Topliss-reactive ketones (excluding diaryl/α,β-unsaturated/α-hetero) is 1. The largest absolute Gasteiger partial charge is 0.507 e. The average Bonchev–Trinajstić information content (AvgIpc) is 3.46. The van der Waals surface area contributed by atoms with Gasteiger partial charge < -0.3 is 24.2 Å². The molecule has 4 rings (SSSR count). The van der Waals surface area contributed by atoms with Gasteiger partial charge in [0.1, 0.15) is 11.5 Å². The van der Waals surface area contributed by atoms with Crippen molar-refractivity contribution in [3.8, 4) is 5.75 Å². The lowest BCUT2D eigenvalue weighted by atomic mass is 9.94. The molecule has 8 heteroatoms. The monoisotopic (exact) mass is 465 g/mol. The molecule has 2 saturated heterocycles. The minimum Gasteiger partial charge on any atom is -0.507 e. The first kappa shape index (κ1) is 23.5. The third kappa shape index (κ3) is 4.54. The molecule has 0 bridgehead atoms. The number of hydrogen-bond acceptors (Lipinski definition) is 7. The minimum absolute atomic E-state index is 0.00188. The van der Waals surface area contributed by atoms with E-state index in [1.54, 1.807) is 48.5 Å². The predicted octanol–water partition coefficient (Wildman–Crippen LogP) is 3.47. The molecule has 2 atom stereocenters. The van der Waals surface area contributed by atoms with Gasteiger partial charge in [-0.05, 0) is 61.7 Å². The van der Waals surface area contributed by atoms with E-state index in [2.05, 4.69) is 0 Å². The number of carbonyl (C=O) groups is 3. The van der Waals surface area contributed by atoms with E-state index in [0.717, 1.165) is 12.8 Å². The van der Waals surface area contributed by atoms with Crippen LogP contribution in [0, 0.1) is 0 Å². The fourth-order valence-electron chi connectivity index (χ4n) is 4.37. The van der Waals surface area contributed by atoms with Gasteiger partial charge in [-0.3, -0.25) is 9.59 Å². The molecule has 2 fully saturated rings. The Balaban J connectivity index is 1.77. The number of ether oxygens (including phenoxy) is 3. The van der Waals surface area contributed by atoms with Gasteiger partial charge in [0.15, 0.2) is 0 Å². The molecule has 0 aromatic heterocycles. The minimum atomic E-state index is -0.817. The highest BCUT2D eigenvalue weighted by molar-refractivity contribution is 6.46. The summed E-state index contributed by atoms with van der Waals surface area (Å²) >= 11 is 0. The van der Waals surface area contributed by atoms with E-state index in [4.69, 9.17) is 14.2 Å². The summed E-state index contributed by atoms with van der Waals surface area (Å²) in [4.78, 5) is 39.5. The first-order valence-corrected chi connectivity index (χ1v) is 11.3. The van der Waals surface area contributed by atoms with Crippen LogP contribution in [0.15, 0.2) is 54.1 Å². The van der Waals surface area contributed by atoms with Crippen LogP contribution in [0.4, 0.5) is 0 Å². The number of amides is 1. The van der Waals surface area contributed by atoms with Crippen LogP contribution in [-0.4, -0.2) is 60.6 Å². The van der Waals surface area contributed by atoms with Crippen molar-refractivity contribution in [2.75, 3.05) is 26.9 Å². The number of esters is 1. The molecule has 0 radical (unpaired) electrons. The number of likely N-dealkylation sites (tertiary alicyclic amines) is 1. The maximum atomic E-state index is 13.1. The van der Waals surface area contributed by atoms with Gasteiger partial charge in [-0.1, -0.05) is 12.1 Å². The molecule has 2 aliphatic rings. The summed E-state index contributed by atoms with van der Waals surface area (Å²) in [5.74, 6) is -1.57. The molecule has 8 nitrogen and oxygen atoms in total. The van der Waals surface area contributed by atoms with Crippen molar-refractivity contribution in [2.24, 2.45) is 0 Å². The van der Waals surface area contributed by atoms with Gasteiger partial charge in [-0.15, -0.1) is 0 Å². The number of benzene rings is 2. The van der Waals surface area contributed by atoms with Gasteiger partial charge in [0.2, 0.25) is 0 Å². The first-order valence-electron chi connectivity index (χ1n) is 11.3. The zero-order chi connectivity index (χ0) is 24.2. The van der Waals surface area contributed by atoms with Crippen molar-refractivity contribution in [2.45, 2.75) is 31.9 Å². The molecule has 0 spiro atoms. The van der Waals surface area contributed by atoms with E-state index >= 15 is 0 Å². The third-order valence-electron chi connectivity index (χ3n) is 6.05. The standard InChI is InChI=1S/C26H27NO7/c1-3-33-19-12-10-17(11-13-19)23(28)21-22(16-6-8-18(9-7-16)26(31)32-2)27(25(30)24(21)29)15-20-5-4-14-34-20/h6-13,20,22,28H,3-5,14-15H2,1-2H3/t20-,22-/m1/s1. The second-order valence-corrected chi connectivity index (χ2v) is 8.16. The predicted molar refractivity (Wildman–Crippen MR) is 123 cm³/mol. The van der Waals surface area contributed by atoms with Crippen LogP contribution >= 0.6 is 0 Å². The molecule has 0 saturated carbocycles. The third-order valence-corrected chi connectivity index (χ3v) is 6.05. The van der Waals surface area contributed by atoms with Crippen LogP contribution in [0.3, 0.4) is 0 Å². The highest BCUT2D eigenvalue weighted by Crippen LogP contribution is 2.40. The SMILES string of the molecule is CCOc1ccc(C(O)=C2C(=O)C(=O)N(C[C@H]3CCCO3)[C@@H]2c2ccc(C(=O)OC)cc2)cc1. The fraction of sp³-hybridized carbons (Fsp3) is 0.346. The normalized spacial score (nSPS) is 21.6. The van der Waals surface area contributed by atoms with Crippen molar-refractivity contribution in [1.29, 1.82) is 0 Å². The molecule has 2 heterocycles. The molecule has 2 aliphatic heterocycles. The lowest BCUT2D eigenvalue weighted by molar-refractivity contribution is -0.140. The Hall–Kier alpha value is -3.65. The Kier molecular flexibility index (Phi) is 6.98. The molecular formula is C26H27NO7. The van der Waals surface area contributed by atoms with Crippen LogP contribution in [0.25, 0.3) is 5.76 Å². The summed E-state index contributed by atoms with van der Waals surface area (Å²) in [7, 11) is 1.30. The number of ketones is 1. The number of hydrogen-bond donors (Lipinski definition) is 1. The number of aliphatic hydroxyl groups is 1. The Morgan fingerprint density at radius 2 is 1.76 bits per heavy atom. The Labute approximate surface area is 197 Å². The van der Waals surface area contributed by atoms with Gasteiger partial charge in [0, 0.05) is 18.7 Å². The molecule has 0 unspecified atom stereocenters. The quantitative estimate of drug-likeness (QED) is 0.289. The van der Waals surface area contributed by atoms with Crippen molar-refractivity contribution < 1.29 is 33.7 Å². The van der Waals surface area contributed by atoms with E-state index < -0.39 is 23.7 Å². The summed E-state index contributed by atoms with van der Waals surface area (Å²) in [5, 5.41) is 11.2. The van der Waals surface area contributed by atoms with Gasteiger partial charge in [-0.2, -0.15) is 0 Å². The van der Waals surface area contributed by atoms with E-state index in [1.807, 2.05) is 6.92 Å². The topological polar surface area (TPSA) is 102 Å². The zero-order valence-electron chi connectivity index (χ0n) is 19.2. The summed E-state index contributed by atoms with van der Waals surface area (Å²) in [6.07, 6.45) is 1.50. The molecular weight excluding hydrogens is 438 g/mol. The maximum absolute atomic E-state index is 13.1. The summed E-state index contributed by atoms with van der Waals surface area (Å²) in [6, 6.07) is 12.3. The van der Waals surface area contributed by atoms with E-state index in [9.17, 15) is 19.5 Å². The van der Waals surface area contributed by atoms with Crippen molar-refractivity contribution in [3.63, 3.8) is 0 Å². The van der Waals surface area contributed by atoms with E-state index in [1.165, 1.54) is 12.0 Å². The summed E-state index contributed by atoms with van der Waals surface area (Å²) in [6.45, 7) is 3.21. The van der Waals surface area contributed by atoms with E-state index in [0.29, 0.717) is 35.7 Å². The fourth-order valence-corrected chi connectivity index (χ4v) is 4.37. The maximum Gasteiger partial charge on any atom is 0.337 e. The second kappa shape index (κ2) is 10.1. The number of aliphatic hydroxyl groups excluding tert-OH is 1. The van der Waals surface area contributed by atoms with Gasteiger partial charge in [0.25, 0.3) is 11.7 Å². The lowest BCUT2D eigenvalue weighted by Crippen LogP contribution is -2.36. The number of methoxy groups -OCH3 is 1. The van der Waals surface area contributed by atoms with Crippen molar-refractivity contribution in [3.05, 3.63) is 70.8 Å². The lowest BCUT2D eigenvalue weighted by Gasteiger charge is -2.27. The van der Waals surface area contributed by atoms with Gasteiger partial charge in [-0.25, -0.2) is 4.79 Å². The average molecular weight is 466 g/mol. The summed E-state index contributed by atoms with van der Waals surface area (Å²) < 4.78 is 15.9. The zero-order valence-corrected chi connectivity index (χ0v) is 19.2. The second-order valence-electron chi connectivity index (χ2n) is 8.16. The highest BCUT2D eigenvalue weighted by Gasteiger charge is 2.47. The molecule has 2 aromatic rings. The van der Waals surface area contributed by atoms with Crippen LogP contribution < -0.4 is 4.74 Å². The number of rotatable bonds is 7. The molecule has 0 aliphatic carbocycles. The van der Waals surface area contributed by atoms with Gasteiger partial charge in [0.05, 0.1) is 37.0 Å². The van der Waals surface area contributed by atoms with Crippen molar-refractivity contribution >= 4 is 23.4 Å². The first-order chi connectivity index (χ1) is 16.4. The summed E-state index contributed by atoms with van der Waals surface area (Å²) in [5.41, 5.74) is 1.33. The molecule has 178 valence electrons. The Morgan fingerprint density at radius 3 is 2.35 bits per heavy atom. The molecule has 1 N–H and O–H groups in total. The van der Waals surface area contributed by atoms with Crippen LogP contribution in [0.2, 0.25) is 0 Å². The molecule has 1 amide bonds. The smallest absolute Gasteiger partial charge is 0.337 e. The number of carbonyl (C=O) groups excluding carboxylic acids is 3. The Bertz CT molecular complexity index is 1100. The van der Waals surface area contributed by atoms with Crippen LogP contribution in [0.1, 0.15) is 47.3 Å². The van der Waals surface area contributed by atoms with Crippen molar-refractivity contribution in [1.82, 2.24) is 4.90 Å². The highest BCUT2D eigenvalue weighted by atomic mass is 16.5. The molecule has 2 aromatic carbocycles. The van der Waals surface area contributed by atoms with Crippen LogP contribution in [-0.2, 0) is 19.1 Å². The van der Waals surface area contributed by atoms with Crippen LogP contribution in [0.5, 0.6) is 5.75 Å². The number of nitrogens with zero attached hydrogens (tertiary/aromatic N) is 1. The van der Waals surface area contributed by atoms with E-state index in [-0.39, 0.29) is 24.0 Å². The Morgan fingerprint density at radius 1 is 1.09 bits per heavy atom.